The van der Waals surface area contributed by atoms with Gasteiger partial charge in [0.15, 0.2) is 0 Å². The van der Waals surface area contributed by atoms with Crippen LogP contribution in [0.1, 0.15) is 18.9 Å². The SMILES string of the molecule is C[C@@H]1CN(c2cnn(Cc3ccccc3)c(=O)c2)C[C@H]1CC(=O)O. The standard InChI is InChI=1S/C18H21N3O3/c1-13-10-20(12-15(13)7-18(23)24)16-8-17(22)21(19-9-16)11-14-5-3-2-4-6-14/h2-6,8-9,13,15H,7,10-12H2,1H3,(H,23,24)/t13-,15-/m1/s1. The molecule has 3 rings (SSSR count). The first kappa shape index (κ1) is 16.2. The summed E-state index contributed by atoms with van der Waals surface area (Å²) in [6.07, 6.45) is 1.86. The smallest absolute Gasteiger partial charge is 0.303 e. The Bertz CT molecular complexity index is 773. The van der Waals surface area contributed by atoms with E-state index in [4.69, 9.17) is 5.11 Å². The van der Waals surface area contributed by atoms with Crippen molar-refractivity contribution in [3.63, 3.8) is 0 Å². The molecule has 24 heavy (non-hydrogen) atoms. The minimum absolute atomic E-state index is 0.106. The van der Waals surface area contributed by atoms with Crippen molar-refractivity contribution in [2.24, 2.45) is 11.8 Å². The fraction of sp³-hybridized carbons (Fsp3) is 0.389. The van der Waals surface area contributed by atoms with Gasteiger partial charge in [-0.15, -0.1) is 0 Å². The number of aromatic nitrogens is 2. The van der Waals surface area contributed by atoms with Gasteiger partial charge in [-0.05, 0) is 17.4 Å². The predicted octanol–water partition coefficient (Wildman–Crippen LogP) is 1.84. The van der Waals surface area contributed by atoms with Crippen molar-refractivity contribution in [2.45, 2.75) is 19.9 Å². The van der Waals surface area contributed by atoms with E-state index in [1.165, 1.54) is 4.68 Å². The van der Waals surface area contributed by atoms with Gasteiger partial charge < -0.3 is 10.0 Å². The van der Waals surface area contributed by atoms with Gasteiger partial charge in [0.1, 0.15) is 0 Å². The lowest BCUT2D eigenvalue weighted by Crippen LogP contribution is -2.27. The molecule has 6 heteroatoms. The molecule has 2 aromatic rings. The number of rotatable bonds is 5. The number of carboxylic acid groups (broad SMARTS) is 1. The second-order valence-corrected chi connectivity index (χ2v) is 6.44. The third kappa shape index (κ3) is 3.64. The van der Waals surface area contributed by atoms with E-state index in [2.05, 4.69) is 16.9 Å². The van der Waals surface area contributed by atoms with Gasteiger partial charge in [-0.25, -0.2) is 4.68 Å². The highest BCUT2D eigenvalue weighted by Gasteiger charge is 2.31. The van der Waals surface area contributed by atoms with E-state index in [1.807, 2.05) is 30.3 Å². The summed E-state index contributed by atoms with van der Waals surface area (Å²) in [5.74, 6) is -0.382. The summed E-state index contributed by atoms with van der Waals surface area (Å²) in [5.41, 5.74) is 1.64. The summed E-state index contributed by atoms with van der Waals surface area (Å²) in [7, 11) is 0. The fourth-order valence-electron chi connectivity index (χ4n) is 3.21. The van der Waals surface area contributed by atoms with Crippen LogP contribution in [0.4, 0.5) is 5.69 Å². The zero-order chi connectivity index (χ0) is 17.1. The maximum Gasteiger partial charge on any atom is 0.303 e. The second-order valence-electron chi connectivity index (χ2n) is 6.44. The minimum atomic E-state index is -0.773. The molecule has 0 bridgehead atoms. The highest BCUT2D eigenvalue weighted by Crippen LogP contribution is 2.29. The van der Waals surface area contributed by atoms with E-state index in [0.717, 1.165) is 17.8 Å². The lowest BCUT2D eigenvalue weighted by Gasteiger charge is -2.18. The average molecular weight is 327 g/mol. The van der Waals surface area contributed by atoms with Gasteiger partial charge >= 0.3 is 5.97 Å². The van der Waals surface area contributed by atoms with Crippen LogP contribution >= 0.6 is 0 Å². The Labute approximate surface area is 140 Å². The number of benzene rings is 1. The van der Waals surface area contributed by atoms with Gasteiger partial charge in [0.2, 0.25) is 0 Å². The normalized spacial score (nSPS) is 20.3. The lowest BCUT2D eigenvalue weighted by atomic mass is 9.95. The zero-order valence-electron chi connectivity index (χ0n) is 13.6. The molecule has 1 fully saturated rings. The van der Waals surface area contributed by atoms with Crippen LogP contribution in [0.5, 0.6) is 0 Å². The van der Waals surface area contributed by atoms with Crippen molar-refractivity contribution in [3.8, 4) is 0 Å². The average Bonchev–Trinajstić information content (AvgIpc) is 2.90. The molecule has 2 heterocycles. The molecule has 2 atom stereocenters. The Balaban J connectivity index is 1.73. The number of hydrogen-bond acceptors (Lipinski definition) is 4. The molecule has 1 saturated heterocycles. The van der Waals surface area contributed by atoms with Gasteiger partial charge in [0, 0.05) is 19.2 Å². The topological polar surface area (TPSA) is 75.4 Å². The van der Waals surface area contributed by atoms with Gasteiger partial charge in [0.05, 0.1) is 24.8 Å². The second kappa shape index (κ2) is 6.86. The van der Waals surface area contributed by atoms with E-state index in [0.29, 0.717) is 13.1 Å². The first-order chi connectivity index (χ1) is 11.5. The molecule has 0 aliphatic carbocycles. The number of nitrogens with zero attached hydrogens (tertiary/aromatic N) is 3. The predicted molar refractivity (Wildman–Crippen MR) is 91.2 cm³/mol. The molecule has 0 spiro atoms. The highest BCUT2D eigenvalue weighted by atomic mass is 16.4. The van der Waals surface area contributed by atoms with Gasteiger partial charge in [-0.1, -0.05) is 37.3 Å². The molecule has 126 valence electrons. The number of hydrogen-bond donors (Lipinski definition) is 1. The summed E-state index contributed by atoms with van der Waals surface area (Å²) in [6, 6.07) is 11.3. The summed E-state index contributed by atoms with van der Waals surface area (Å²) in [6.45, 7) is 3.90. The molecular formula is C18H21N3O3. The first-order valence-corrected chi connectivity index (χ1v) is 8.11. The van der Waals surface area contributed by atoms with Gasteiger partial charge in [0.25, 0.3) is 5.56 Å². The van der Waals surface area contributed by atoms with Crippen molar-refractivity contribution in [1.29, 1.82) is 0 Å². The van der Waals surface area contributed by atoms with Gasteiger partial charge in [-0.3, -0.25) is 9.59 Å². The van der Waals surface area contributed by atoms with Crippen LogP contribution in [-0.2, 0) is 11.3 Å². The van der Waals surface area contributed by atoms with Crippen molar-refractivity contribution in [3.05, 3.63) is 58.5 Å². The van der Waals surface area contributed by atoms with Crippen molar-refractivity contribution in [2.75, 3.05) is 18.0 Å². The number of aliphatic carboxylic acids is 1. The Morgan fingerprint density at radius 1 is 1.29 bits per heavy atom. The minimum Gasteiger partial charge on any atom is -0.481 e. The third-order valence-corrected chi connectivity index (χ3v) is 4.60. The Hall–Kier alpha value is -2.63. The van der Waals surface area contributed by atoms with Crippen LogP contribution in [0.15, 0.2) is 47.4 Å². The molecule has 1 aliphatic rings. The summed E-state index contributed by atoms with van der Waals surface area (Å²) in [5, 5.41) is 13.3. The molecule has 1 N–H and O–H groups in total. The Morgan fingerprint density at radius 3 is 2.71 bits per heavy atom. The number of carbonyl (C=O) groups is 1. The molecule has 0 saturated carbocycles. The van der Waals surface area contributed by atoms with Gasteiger partial charge in [-0.2, -0.15) is 5.10 Å². The number of anilines is 1. The molecule has 6 nitrogen and oxygen atoms in total. The van der Waals surface area contributed by atoms with E-state index in [-0.39, 0.29) is 23.8 Å². The molecular weight excluding hydrogens is 306 g/mol. The number of carboxylic acids is 1. The monoisotopic (exact) mass is 327 g/mol. The molecule has 0 unspecified atom stereocenters. The summed E-state index contributed by atoms with van der Waals surface area (Å²) >= 11 is 0. The molecule has 1 aliphatic heterocycles. The highest BCUT2D eigenvalue weighted by molar-refractivity contribution is 5.67. The van der Waals surface area contributed by atoms with Crippen LogP contribution in [-0.4, -0.2) is 33.9 Å². The third-order valence-electron chi connectivity index (χ3n) is 4.60. The zero-order valence-corrected chi connectivity index (χ0v) is 13.6. The van der Waals surface area contributed by atoms with Crippen LogP contribution in [0.3, 0.4) is 0 Å². The van der Waals surface area contributed by atoms with Crippen molar-refractivity contribution in [1.82, 2.24) is 9.78 Å². The largest absolute Gasteiger partial charge is 0.481 e. The molecule has 0 radical (unpaired) electrons. The lowest BCUT2D eigenvalue weighted by molar-refractivity contribution is -0.138. The molecule has 1 aromatic carbocycles. The fourth-order valence-corrected chi connectivity index (χ4v) is 3.21. The Kier molecular flexibility index (Phi) is 4.64. The quantitative estimate of drug-likeness (QED) is 0.907. The van der Waals surface area contributed by atoms with Crippen LogP contribution in [0.2, 0.25) is 0 Å². The van der Waals surface area contributed by atoms with E-state index in [9.17, 15) is 9.59 Å². The summed E-state index contributed by atoms with van der Waals surface area (Å²) < 4.78 is 1.44. The van der Waals surface area contributed by atoms with Crippen LogP contribution in [0, 0.1) is 11.8 Å². The maximum atomic E-state index is 12.3. The molecule has 1 aromatic heterocycles. The molecule has 0 amide bonds. The van der Waals surface area contributed by atoms with Crippen LogP contribution < -0.4 is 10.5 Å². The summed E-state index contributed by atoms with van der Waals surface area (Å²) in [4.78, 5) is 25.3. The van der Waals surface area contributed by atoms with Crippen molar-refractivity contribution >= 4 is 11.7 Å². The van der Waals surface area contributed by atoms with Crippen LogP contribution in [0.25, 0.3) is 0 Å². The van der Waals surface area contributed by atoms with Crippen molar-refractivity contribution < 1.29 is 9.90 Å². The van der Waals surface area contributed by atoms with E-state index >= 15 is 0 Å². The Morgan fingerprint density at radius 2 is 2.04 bits per heavy atom. The van der Waals surface area contributed by atoms with E-state index < -0.39 is 5.97 Å². The maximum absolute atomic E-state index is 12.3. The first-order valence-electron chi connectivity index (χ1n) is 8.11. The van der Waals surface area contributed by atoms with E-state index in [1.54, 1.807) is 12.3 Å².